The number of benzene rings is 1. The van der Waals surface area contributed by atoms with E-state index in [1.807, 2.05) is 0 Å². The third-order valence-corrected chi connectivity index (χ3v) is 3.53. The second-order valence-electron chi connectivity index (χ2n) is 5.26. The molecule has 1 N–H and O–H groups in total. The summed E-state index contributed by atoms with van der Waals surface area (Å²) in [6, 6.07) is 3.63. The fourth-order valence-corrected chi connectivity index (χ4v) is 1.97. The van der Waals surface area contributed by atoms with Crippen LogP contribution in [0.15, 0.2) is 24.3 Å². The predicted molar refractivity (Wildman–Crippen MR) is 74.2 cm³/mol. The van der Waals surface area contributed by atoms with E-state index in [9.17, 15) is 22.8 Å². The van der Waals surface area contributed by atoms with Crippen LogP contribution in [-0.4, -0.2) is 35.0 Å². The molecule has 0 spiro atoms. The maximum Gasteiger partial charge on any atom is 0.416 e. The quantitative estimate of drug-likeness (QED) is 0.908. The van der Waals surface area contributed by atoms with Gasteiger partial charge in [0, 0.05) is 13.0 Å². The molecule has 0 aromatic heterocycles. The molecule has 1 aromatic carbocycles. The molecule has 0 heterocycles. The number of amides is 1. The molecule has 0 aliphatic carbocycles. The Balaban J connectivity index is 2.74. The lowest BCUT2D eigenvalue weighted by Crippen LogP contribution is -2.43. The number of hydrogen-bond acceptors (Lipinski definition) is 2. The molecule has 0 fully saturated rings. The van der Waals surface area contributed by atoms with Gasteiger partial charge in [0.25, 0.3) is 0 Å². The highest BCUT2D eigenvalue weighted by Gasteiger charge is 2.30. The van der Waals surface area contributed by atoms with Crippen molar-refractivity contribution in [2.75, 3.05) is 7.05 Å². The van der Waals surface area contributed by atoms with Gasteiger partial charge in [0.15, 0.2) is 0 Å². The smallest absolute Gasteiger partial charge is 0.416 e. The molecule has 1 rings (SSSR count). The van der Waals surface area contributed by atoms with E-state index in [2.05, 4.69) is 0 Å². The van der Waals surface area contributed by atoms with E-state index in [4.69, 9.17) is 5.11 Å². The van der Waals surface area contributed by atoms with Crippen molar-refractivity contribution >= 4 is 11.9 Å². The van der Waals surface area contributed by atoms with Crippen molar-refractivity contribution in [1.82, 2.24) is 4.90 Å². The molecular weight excluding hydrogens is 299 g/mol. The fraction of sp³-hybridized carbons (Fsp3) is 0.467. The lowest BCUT2D eigenvalue weighted by molar-refractivity contribution is -0.149. The van der Waals surface area contributed by atoms with Crippen molar-refractivity contribution in [3.05, 3.63) is 35.4 Å². The summed E-state index contributed by atoms with van der Waals surface area (Å²) in [6.45, 7) is 3.01. The van der Waals surface area contributed by atoms with Crippen LogP contribution in [0.1, 0.15) is 25.0 Å². The number of alkyl halides is 3. The van der Waals surface area contributed by atoms with Crippen molar-refractivity contribution in [2.24, 2.45) is 5.92 Å². The Kier molecular flexibility index (Phi) is 5.57. The standard InChI is InChI=1S/C15H18F3NO3/c1-9(13(20)19(3)10(2)14(21)22)8-11-4-6-12(7-5-11)15(16,17)18/h4-7,9-10H,8H2,1-3H3,(H,21,22). The number of halogens is 3. The molecular formula is C15H18F3NO3. The average Bonchev–Trinajstić information content (AvgIpc) is 2.44. The second-order valence-corrected chi connectivity index (χ2v) is 5.26. The lowest BCUT2D eigenvalue weighted by atomic mass is 9.98. The summed E-state index contributed by atoms with van der Waals surface area (Å²) >= 11 is 0. The van der Waals surface area contributed by atoms with Gasteiger partial charge in [-0.1, -0.05) is 19.1 Å². The third kappa shape index (κ3) is 4.47. The van der Waals surface area contributed by atoms with Gasteiger partial charge in [0.1, 0.15) is 6.04 Å². The van der Waals surface area contributed by atoms with E-state index in [1.165, 1.54) is 26.1 Å². The molecule has 0 saturated heterocycles. The number of aliphatic carboxylic acids is 1. The molecule has 0 aliphatic rings. The van der Waals surface area contributed by atoms with Crippen LogP contribution < -0.4 is 0 Å². The Morgan fingerprint density at radius 3 is 2.09 bits per heavy atom. The van der Waals surface area contributed by atoms with Gasteiger partial charge in [0.05, 0.1) is 5.56 Å². The largest absolute Gasteiger partial charge is 0.480 e. The zero-order chi connectivity index (χ0) is 17.1. The zero-order valence-electron chi connectivity index (χ0n) is 12.5. The monoisotopic (exact) mass is 317 g/mol. The molecule has 2 atom stereocenters. The van der Waals surface area contributed by atoms with Gasteiger partial charge in [-0.2, -0.15) is 13.2 Å². The molecule has 2 unspecified atom stereocenters. The van der Waals surface area contributed by atoms with Crippen LogP contribution in [0.2, 0.25) is 0 Å². The molecule has 0 radical (unpaired) electrons. The third-order valence-electron chi connectivity index (χ3n) is 3.53. The van der Waals surface area contributed by atoms with E-state index < -0.39 is 29.7 Å². The number of hydrogen-bond donors (Lipinski definition) is 1. The first-order valence-corrected chi connectivity index (χ1v) is 6.69. The lowest BCUT2D eigenvalue weighted by Gasteiger charge is -2.25. The van der Waals surface area contributed by atoms with Crippen LogP contribution in [0.5, 0.6) is 0 Å². The first-order valence-electron chi connectivity index (χ1n) is 6.69. The number of nitrogens with zero attached hydrogens (tertiary/aromatic N) is 1. The van der Waals surface area contributed by atoms with Crippen molar-refractivity contribution in [3.63, 3.8) is 0 Å². The highest BCUT2D eigenvalue weighted by atomic mass is 19.4. The van der Waals surface area contributed by atoms with E-state index in [0.717, 1.165) is 17.0 Å². The van der Waals surface area contributed by atoms with E-state index in [-0.39, 0.29) is 12.3 Å². The average molecular weight is 317 g/mol. The summed E-state index contributed by atoms with van der Waals surface area (Å²) in [4.78, 5) is 24.1. The maximum absolute atomic E-state index is 12.5. The van der Waals surface area contributed by atoms with Crippen LogP contribution >= 0.6 is 0 Å². The van der Waals surface area contributed by atoms with Gasteiger partial charge in [-0.15, -0.1) is 0 Å². The van der Waals surface area contributed by atoms with Crippen LogP contribution in [-0.2, 0) is 22.2 Å². The first-order chi connectivity index (χ1) is 10.0. The Bertz CT molecular complexity index is 540. The minimum Gasteiger partial charge on any atom is -0.480 e. The van der Waals surface area contributed by atoms with E-state index >= 15 is 0 Å². The summed E-state index contributed by atoms with van der Waals surface area (Å²) in [5.74, 6) is -2.00. The van der Waals surface area contributed by atoms with Crippen LogP contribution in [0.25, 0.3) is 0 Å². The molecule has 7 heteroatoms. The van der Waals surface area contributed by atoms with Crippen LogP contribution in [0.4, 0.5) is 13.2 Å². The summed E-state index contributed by atoms with van der Waals surface area (Å²) in [5.41, 5.74) is -0.155. The SMILES string of the molecule is CC(Cc1ccc(C(F)(F)F)cc1)C(=O)N(C)C(C)C(=O)O. The Labute approximate surface area is 126 Å². The highest BCUT2D eigenvalue weighted by molar-refractivity contribution is 5.84. The van der Waals surface area contributed by atoms with Gasteiger partial charge >= 0.3 is 12.1 Å². The molecule has 122 valence electrons. The number of carbonyl (C=O) groups excluding carboxylic acids is 1. The normalized spacial score (nSPS) is 14.3. The molecule has 0 saturated carbocycles. The Morgan fingerprint density at radius 2 is 1.68 bits per heavy atom. The summed E-state index contributed by atoms with van der Waals surface area (Å²) < 4.78 is 37.4. The summed E-state index contributed by atoms with van der Waals surface area (Å²) in [7, 11) is 1.39. The van der Waals surface area contributed by atoms with Crippen molar-refractivity contribution in [1.29, 1.82) is 0 Å². The minimum absolute atomic E-state index is 0.244. The van der Waals surface area contributed by atoms with Gasteiger partial charge in [0.2, 0.25) is 5.91 Å². The van der Waals surface area contributed by atoms with E-state index in [0.29, 0.717) is 5.56 Å². The van der Waals surface area contributed by atoms with Gasteiger partial charge in [-0.05, 0) is 31.0 Å². The van der Waals surface area contributed by atoms with Crippen molar-refractivity contribution in [3.8, 4) is 0 Å². The highest BCUT2D eigenvalue weighted by Crippen LogP contribution is 2.29. The van der Waals surface area contributed by atoms with Gasteiger partial charge < -0.3 is 10.0 Å². The molecule has 1 aromatic rings. The van der Waals surface area contributed by atoms with Crippen LogP contribution in [0, 0.1) is 5.92 Å². The van der Waals surface area contributed by atoms with E-state index in [1.54, 1.807) is 6.92 Å². The number of carboxylic acids is 1. The molecule has 0 aliphatic heterocycles. The van der Waals surface area contributed by atoms with Crippen molar-refractivity contribution < 1.29 is 27.9 Å². The number of rotatable bonds is 5. The zero-order valence-corrected chi connectivity index (χ0v) is 12.5. The minimum atomic E-state index is -4.39. The molecule has 22 heavy (non-hydrogen) atoms. The maximum atomic E-state index is 12.5. The fourth-order valence-electron chi connectivity index (χ4n) is 1.97. The Morgan fingerprint density at radius 1 is 1.18 bits per heavy atom. The summed E-state index contributed by atoms with van der Waals surface area (Å²) in [5, 5.41) is 8.88. The predicted octanol–water partition coefficient (Wildman–Crippen LogP) is 2.82. The van der Waals surface area contributed by atoms with Crippen LogP contribution in [0.3, 0.4) is 0 Å². The number of likely N-dealkylation sites (N-methyl/N-ethyl adjacent to an activating group) is 1. The number of carboxylic acid groups (broad SMARTS) is 1. The van der Waals surface area contributed by atoms with Gasteiger partial charge in [-0.3, -0.25) is 4.79 Å². The second kappa shape index (κ2) is 6.81. The summed E-state index contributed by atoms with van der Waals surface area (Å²) in [6.07, 6.45) is -4.15. The first kappa shape index (κ1) is 18.0. The topological polar surface area (TPSA) is 57.6 Å². The molecule has 1 amide bonds. The number of carbonyl (C=O) groups is 2. The Hall–Kier alpha value is -2.05. The van der Waals surface area contributed by atoms with Crippen molar-refractivity contribution in [2.45, 2.75) is 32.5 Å². The molecule has 4 nitrogen and oxygen atoms in total. The molecule has 0 bridgehead atoms. The van der Waals surface area contributed by atoms with Gasteiger partial charge in [-0.25, -0.2) is 4.79 Å².